The summed E-state index contributed by atoms with van der Waals surface area (Å²) in [5, 5.41) is 6.82. The zero-order valence-electron chi connectivity index (χ0n) is 16.6. The molecule has 11 heteroatoms. The Morgan fingerprint density at radius 3 is 2.69 bits per heavy atom. The lowest BCUT2D eigenvalue weighted by molar-refractivity contribution is 0.311. The van der Waals surface area contributed by atoms with Crippen molar-refractivity contribution in [2.75, 3.05) is 60.5 Å². The number of rotatable bonds is 7. The lowest BCUT2D eigenvalue weighted by Crippen LogP contribution is -2.45. The molecule has 3 heterocycles. The predicted octanol–water partition coefficient (Wildman–Crippen LogP) is 0.949. The summed E-state index contributed by atoms with van der Waals surface area (Å²) in [6.07, 6.45) is 5.42. The van der Waals surface area contributed by atoms with Crippen molar-refractivity contribution in [3.05, 3.63) is 23.6 Å². The monoisotopic (exact) mass is 421 g/mol. The molecule has 2 aromatic rings. The molecule has 1 fully saturated rings. The van der Waals surface area contributed by atoms with E-state index in [0.717, 1.165) is 74.9 Å². The van der Waals surface area contributed by atoms with Crippen molar-refractivity contribution in [3.63, 3.8) is 0 Å². The number of likely N-dealkylation sites (N-methyl/N-ethyl adjacent to an activating group) is 1. The fourth-order valence-electron chi connectivity index (χ4n) is 3.65. The first kappa shape index (κ1) is 19.9. The van der Waals surface area contributed by atoms with Crippen LogP contribution in [0.3, 0.4) is 0 Å². The zero-order chi connectivity index (χ0) is 20.3. The Hall–Kier alpha value is -2.40. The zero-order valence-corrected chi connectivity index (χ0v) is 17.4. The van der Waals surface area contributed by atoms with Crippen LogP contribution in [-0.2, 0) is 22.9 Å². The van der Waals surface area contributed by atoms with Crippen molar-refractivity contribution in [2.45, 2.75) is 25.7 Å². The third-order valence-electron chi connectivity index (χ3n) is 5.32. The van der Waals surface area contributed by atoms with Gasteiger partial charge >= 0.3 is 0 Å². The summed E-state index contributed by atoms with van der Waals surface area (Å²) in [7, 11) is -1.41. The number of nitrogens with one attached hydrogen (secondary N) is 2. The highest BCUT2D eigenvalue weighted by Crippen LogP contribution is 2.28. The summed E-state index contributed by atoms with van der Waals surface area (Å²) in [5.74, 6) is 1.59. The Morgan fingerprint density at radius 1 is 1.14 bits per heavy atom. The first-order valence-corrected chi connectivity index (χ1v) is 11.6. The molecule has 1 aliphatic heterocycles. The molecule has 0 radical (unpaired) electrons. The number of aromatic nitrogens is 3. The summed E-state index contributed by atoms with van der Waals surface area (Å²) in [6, 6.07) is 1.47. The van der Waals surface area contributed by atoms with Gasteiger partial charge in [0.1, 0.15) is 12.1 Å². The molecule has 4 rings (SSSR count). The van der Waals surface area contributed by atoms with E-state index in [1.54, 1.807) is 0 Å². The highest BCUT2D eigenvalue weighted by atomic mass is 32.2. The van der Waals surface area contributed by atoms with Gasteiger partial charge in [0, 0.05) is 44.4 Å². The quantitative estimate of drug-likeness (QED) is 0.674. The van der Waals surface area contributed by atoms with Crippen molar-refractivity contribution in [1.82, 2.24) is 20.0 Å². The minimum Gasteiger partial charge on any atom is -0.369 e. The molecule has 0 spiro atoms. The van der Waals surface area contributed by atoms with Crippen LogP contribution < -0.4 is 14.9 Å². The van der Waals surface area contributed by atoms with Crippen LogP contribution in [0.1, 0.15) is 24.1 Å². The molecule has 1 saturated heterocycles. The van der Waals surface area contributed by atoms with E-state index in [1.165, 1.54) is 12.3 Å². The number of aryl methyl sites for hydroxylation is 1. The Bertz CT molecular complexity index is 925. The molecule has 29 heavy (non-hydrogen) atoms. The van der Waals surface area contributed by atoms with Crippen LogP contribution in [0.5, 0.6) is 0 Å². The third-order valence-corrected chi connectivity index (χ3v) is 6.58. The van der Waals surface area contributed by atoms with E-state index in [9.17, 15) is 8.42 Å². The van der Waals surface area contributed by atoms with Gasteiger partial charge in [-0.2, -0.15) is 4.98 Å². The predicted molar refractivity (Wildman–Crippen MR) is 111 cm³/mol. The lowest BCUT2D eigenvalue weighted by atomic mass is 9.96. The van der Waals surface area contributed by atoms with E-state index in [4.69, 9.17) is 9.97 Å². The number of hydrogen-bond donors (Lipinski definition) is 2. The molecule has 2 aliphatic rings. The molecule has 0 saturated carbocycles. The maximum absolute atomic E-state index is 12.2. The van der Waals surface area contributed by atoms with Crippen LogP contribution in [0.25, 0.3) is 0 Å². The fourth-order valence-corrected chi connectivity index (χ4v) is 4.55. The van der Waals surface area contributed by atoms with Crippen LogP contribution >= 0.6 is 0 Å². The number of hydrogen-bond acceptors (Lipinski definition) is 9. The minimum atomic E-state index is -3.53. The van der Waals surface area contributed by atoms with Gasteiger partial charge in [-0.15, -0.1) is 0 Å². The highest BCUT2D eigenvalue weighted by molar-refractivity contribution is 7.92. The Balaban J connectivity index is 1.46. The van der Waals surface area contributed by atoms with Gasteiger partial charge in [-0.05, 0) is 32.7 Å². The second kappa shape index (κ2) is 8.54. The van der Waals surface area contributed by atoms with E-state index in [2.05, 4.69) is 36.6 Å². The first-order valence-electron chi connectivity index (χ1n) is 9.98. The molecule has 158 valence electrons. The van der Waals surface area contributed by atoms with Gasteiger partial charge in [-0.25, -0.2) is 13.4 Å². The largest absolute Gasteiger partial charge is 0.369 e. The van der Waals surface area contributed by atoms with E-state index < -0.39 is 10.0 Å². The van der Waals surface area contributed by atoms with Crippen molar-refractivity contribution >= 4 is 27.6 Å². The molecule has 0 unspecified atom stereocenters. The van der Waals surface area contributed by atoms with Gasteiger partial charge in [-0.1, -0.05) is 5.16 Å². The molecule has 0 atom stereocenters. The highest BCUT2D eigenvalue weighted by Gasteiger charge is 2.23. The summed E-state index contributed by atoms with van der Waals surface area (Å²) in [4.78, 5) is 14.1. The summed E-state index contributed by atoms with van der Waals surface area (Å²) in [5.41, 5.74) is 2.21. The van der Waals surface area contributed by atoms with Crippen LogP contribution in [0.2, 0.25) is 0 Å². The summed E-state index contributed by atoms with van der Waals surface area (Å²) < 4.78 is 31.5. The number of sulfonamides is 1. The topological polar surface area (TPSA) is 116 Å². The molecule has 10 nitrogen and oxygen atoms in total. The molecule has 2 N–H and O–H groups in total. The Kier molecular flexibility index (Phi) is 5.86. The smallest absolute Gasteiger partial charge is 0.235 e. The first-order chi connectivity index (χ1) is 14.0. The standard InChI is InChI=1S/C18H27N7O3S/c1-24-8-10-25(11-9-24)18-20-15-5-3-2-4-14(15)17(21-18)19-7-13-29(26,27)23-16-6-12-28-22-16/h6,12H,2-5,7-11,13H2,1H3,(H,22,23)(H,19,20,21). The average molecular weight is 422 g/mol. The number of piperazine rings is 1. The Morgan fingerprint density at radius 2 is 1.93 bits per heavy atom. The second-order valence-corrected chi connectivity index (χ2v) is 9.37. The molecule has 2 aromatic heterocycles. The van der Waals surface area contributed by atoms with Crippen molar-refractivity contribution in [1.29, 1.82) is 0 Å². The minimum absolute atomic E-state index is 0.0948. The van der Waals surface area contributed by atoms with Gasteiger partial charge in [0.15, 0.2) is 5.82 Å². The van der Waals surface area contributed by atoms with E-state index in [0.29, 0.717) is 0 Å². The van der Waals surface area contributed by atoms with Gasteiger partial charge in [-0.3, -0.25) is 4.72 Å². The Labute approximate surface area is 170 Å². The van der Waals surface area contributed by atoms with E-state index in [-0.39, 0.29) is 18.1 Å². The fraction of sp³-hybridized carbons (Fsp3) is 0.611. The normalized spacial score (nSPS) is 17.8. The molecular formula is C18H27N7O3S. The average Bonchev–Trinajstić information content (AvgIpc) is 3.20. The van der Waals surface area contributed by atoms with Crippen LogP contribution in [0.4, 0.5) is 17.6 Å². The van der Waals surface area contributed by atoms with Crippen molar-refractivity contribution in [2.24, 2.45) is 0 Å². The SMILES string of the molecule is CN1CCN(c2nc3c(c(NCCS(=O)(=O)Nc4ccon4)n2)CCCC3)CC1. The van der Waals surface area contributed by atoms with E-state index >= 15 is 0 Å². The summed E-state index contributed by atoms with van der Waals surface area (Å²) in [6.45, 7) is 4.00. The molecular weight excluding hydrogens is 394 g/mol. The maximum Gasteiger partial charge on any atom is 0.235 e. The number of nitrogens with zero attached hydrogens (tertiary/aromatic N) is 5. The molecule has 1 aliphatic carbocycles. The van der Waals surface area contributed by atoms with Gasteiger partial charge in [0.05, 0.1) is 11.4 Å². The van der Waals surface area contributed by atoms with Crippen LogP contribution in [0, 0.1) is 0 Å². The molecule has 0 aromatic carbocycles. The summed E-state index contributed by atoms with van der Waals surface area (Å²) >= 11 is 0. The van der Waals surface area contributed by atoms with Crippen LogP contribution in [-0.4, -0.2) is 74.0 Å². The van der Waals surface area contributed by atoms with Gasteiger partial charge < -0.3 is 19.6 Å². The third kappa shape index (κ3) is 4.96. The lowest BCUT2D eigenvalue weighted by Gasteiger charge is -2.33. The molecule has 0 bridgehead atoms. The van der Waals surface area contributed by atoms with Gasteiger partial charge in [0.2, 0.25) is 16.0 Å². The molecule has 0 amide bonds. The van der Waals surface area contributed by atoms with Crippen molar-refractivity contribution in [3.8, 4) is 0 Å². The maximum atomic E-state index is 12.2. The van der Waals surface area contributed by atoms with Crippen molar-refractivity contribution < 1.29 is 12.9 Å². The van der Waals surface area contributed by atoms with E-state index in [1.807, 2.05) is 0 Å². The van der Waals surface area contributed by atoms with Crippen LogP contribution in [0.15, 0.2) is 16.9 Å². The van der Waals surface area contributed by atoms with Gasteiger partial charge in [0.25, 0.3) is 0 Å². The number of anilines is 3. The number of fused-ring (bicyclic) bond motifs is 1. The second-order valence-electron chi connectivity index (χ2n) is 7.53.